The number of ether oxygens (including phenoxy) is 2. The Morgan fingerprint density at radius 1 is 1.11 bits per heavy atom. The van der Waals surface area contributed by atoms with Crippen LogP contribution in [0.2, 0.25) is 5.02 Å². The summed E-state index contributed by atoms with van der Waals surface area (Å²) >= 11 is 7.76. The minimum absolute atomic E-state index is 0.173. The van der Waals surface area contributed by atoms with E-state index >= 15 is 0 Å². The van der Waals surface area contributed by atoms with Crippen molar-refractivity contribution >= 4 is 45.9 Å². The molecule has 0 saturated heterocycles. The number of hydrogen-bond acceptors (Lipinski definition) is 6. The molecule has 0 amide bonds. The largest absolute Gasteiger partial charge is 0.496 e. The van der Waals surface area contributed by atoms with Crippen LogP contribution in [0.1, 0.15) is 55.1 Å². The molecule has 1 aliphatic heterocycles. The first-order valence-corrected chi connectivity index (χ1v) is 16.3. The Morgan fingerprint density at radius 3 is 2.59 bits per heavy atom. The minimum Gasteiger partial charge on any atom is -0.496 e. The van der Waals surface area contributed by atoms with Gasteiger partial charge in [-0.25, -0.2) is 14.2 Å². The van der Waals surface area contributed by atoms with E-state index in [0.29, 0.717) is 49.9 Å². The van der Waals surface area contributed by atoms with E-state index in [2.05, 4.69) is 4.57 Å². The number of benzene rings is 3. The number of fused-ring (bicyclic) bond motifs is 2. The molecular formula is C36H33ClFN3O4S. The van der Waals surface area contributed by atoms with Crippen LogP contribution < -0.4 is 19.6 Å². The normalized spacial score (nSPS) is 14.8. The van der Waals surface area contributed by atoms with Crippen LogP contribution in [-0.2, 0) is 16.1 Å². The summed E-state index contributed by atoms with van der Waals surface area (Å²) < 4.78 is 29.0. The predicted octanol–water partition coefficient (Wildman–Crippen LogP) is 6.69. The number of halogens is 2. The van der Waals surface area contributed by atoms with Gasteiger partial charge in [0.05, 0.1) is 29.5 Å². The maximum Gasteiger partial charge on any atom is 0.338 e. The first-order valence-electron chi connectivity index (χ1n) is 15.1. The molecule has 6 rings (SSSR count). The van der Waals surface area contributed by atoms with Crippen molar-refractivity contribution in [2.24, 2.45) is 4.99 Å². The van der Waals surface area contributed by atoms with E-state index in [9.17, 15) is 14.0 Å². The van der Waals surface area contributed by atoms with Crippen LogP contribution in [0, 0.1) is 12.7 Å². The van der Waals surface area contributed by atoms with Crippen LogP contribution >= 0.6 is 22.9 Å². The fourth-order valence-corrected chi connectivity index (χ4v) is 7.26. The standard InChI is InChI=1S/C36H33ClFN3O4S/c1-5-9-28-32(35(43)45-6-2)33(27-18-23(37)14-17-30(27)44-4)41-34(42)31(46-36(41)39-28)19-26-21(3)40(29-11-8-7-10-25(26)29)20-22-12-15-24(38)16-13-22/h7-8,10-19,33H,5-6,9,20H2,1-4H3/b31-19+/t33-/m1/s1. The van der Waals surface area contributed by atoms with Gasteiger partial charge in [0.1, 0.15) is 17.6 Å². The van der Waals surface area contributed by atoms with Crippen molar-refractivity contribution in [2.75, 3.05) is 13.7 Å². The Bertz CT molecular complexity index is 2180. The number of nitrogens with zero attached hydrogens (tertiary/aromatic N) is 3. The number of aromatic nitrogens is 2. The molecule has 0 radical (unpaired) electrons. The number of hydrogen-bond donors (Lipinski definition) is 0. The summed E-state index contributed by atoms with van der Waals surface area (Å²) in [5, 5.41) is 1.43. The van der Waals surface area contributed by atoms with Gasteiger partial charge in [-0.1, -0.05) is 66.6 Å². The molecule has 0 spiro atoms. The van der Waals surface area contributed by atoms with E-state index in [0.717, 1.165) is 34.1 Å². The van der Waals surface area contributed by atoms with E-state index in [1.54, 1.807) is 48.9 Å². The summed E-state index contributed by atoms with van der Waals surface area (Å²) in [6, 6.07) is 18.8. The van der Waals surface area contributed by atoms with Gasteiger partial charge in [0.15, 0.2) is 4.80 Å². The number of para-hydroxylation sites is 1. The molecule has 2 aromatic heterocycles. The molecule has 0 bridgehead atoms. The molecule has 236 valence electrons. The van der Waals surface area contributed by atoms with Crippen LogP contribution in [0.4, 0.5) is 4.39 Å². The Hall–Kier alpha value is -4.47. The Labute approximate surface area is 274 Å². The first kappa shape index (κ1) is 31.5. The van der Waals surface area contributed by atoms with Crippen molar-refractivity contribution in [1.29, 1.82) is 0 Å². The smallest absolute Gasteiger partial charge is 0.338 e. The fourth-order valence-electron chi connectivity index (χ4n) is 6.08. The lowest BCUT2D eigenvalue weighted by Gasteiger charge is -2.27. The lowest BCUT2D eigenvalue weighted by Crippen LogP contribution is -2.40. The average Bonchev–Trinajstić information content (AvgIpc) is 3.50. The van der Waals surface area contributed by atoms with Gasteiger partial charge in [-0.05, 0) is 68.3 Å². The molecule has 1 atom stereocenters. The fraction of sp³-hybridized carbons (Fsp3) is 0.250. The summed E-state index contributed by atoms with van der Waals surface area (Å²) in [5.41, 5.74) is 4.98. The number of carbonyl (C=O) groups excluding carboxylic acids is 1. The summed E-state index contributed by atoms with van der Waals surface area (Å²) in [7, 11) is 1.54. The molecule has 0 saturated carbocycles. The lowest BCUT2D eigenvalue weighted by atomic mass is 9.93. The molecule has 1 aliphatic rings. The number of thiazole rings is 1. The van der Waals surface area contributed by atoms with Gasteiger partial charge in [0, 0.05) is 39.3 Å². The van der Waals surface area contributed by atoms with Crippen LogP contribution in [0.25, 0.3) is 17.0 Å². The van der Waals surface area contributed by atoms with Crippen LogP contribution in [0.15, 0.2) is 87.8 Å². The molecule has 3 heterocycles. The van der Waals surface area contributed by atoms with Crippen molar-refractivity contribution in [3.8, 4) is 5.75 Å². The lowest BCUT2D eigenvalue weighted by molar-refractivity contribution is -0.139. The molecule has 5 aromatic rings. The molecule has 0 unspecified atom stereocenters. The van der Waals surface area contributed by atoms with Gasteiger partial charge in [0.2, 0.25) is 0 Å². The third kappa shape index (κ3) is 5.69. The summed E-state index contributed by atoms with van der Waals surface area (Å²) in [5.74, 6) is -0.324. The zero-order chi connectivity index (χ0) is 32.5. The highest BCUT2D eigenvalue weighted by atomic mass is 35.5. The molecule has 7 nitrogen and oxygen atoms in total. The van der Waals surface area contributed by atoms with Crippen molar-refractivity contribution in [3.63, 3.8) is 0 Å². The van der Waals surface area contributed by atoms with E-state index in [4.69, 9.17) is 26.1 Å². The minimum atomic E-state index is -0.853. The number of methoxy groups -OCH3 is 1. The monoisotopic (exact) mass is 657 g/mol. The number of rotatable bonds is 9. The van der Waals surface area contributed by atoms with Crippen LogP contribution in [-0.4, -0.2) is 28.8 Å². The Balaban J connectivity index is 1.59. The van der Waals surface area contributed by atoms with Crippen molar-refractivity contribution in [2.45, 2.75) is 46.2 Å². The van der Waals surface area contributed by atoms with Crippen molar-refractivity contribution < 1.29 is 18.7 Å². The van der Waals surface area contributed by atoms with E-state index in [-0.39, 0.29) is 18.0 Å². The molecule has 0 aliphatic carbocycles. The second kappa shape index (κ2) is 13.1. The highest BCUT2D eigenvalue weighted by Gasteiger charge is 2.36. The van der Waals surface area contributed by atoms with Crippen LogP contribution in [0.5, 0.6) is 5.75 Å². The zero-order valence-corrected chi connectivity index (χ0v) is 27.5. The summed E-state index contributed by atoms with van der Waals surface area (Å²) in [6.07, 6.45) is 3.17. The average molecular weight is 658 g/mol. The van der Waals surface area contributed by atoms with Crippen molar-refractivity contribution in [3.05, 3.63) is 131 Å². The molecular weight excluding hydrogens is 625 g/mol. The van der Waals surface area contributed by atoms with E-state index < -0.39 is 12.0 Å². The quantitative estimate of drug-likeness (QED) is 0.166. The zero-order valence-electron chi connectivity index (χ0n) is 26.0. The predicted molar refractivity (Wildman–Crippen MR) is 180 cm³/mol. The van der Waals surface area contributed by atoms with Crippen LogP contribution in [0.3, 0.4) is 0 Å². The first-order chi connectivity index (χ1) is 22.2. The van der Waals surface area contributed by atoms with Gasteiger partial charge < -0.3 is 14.0 Å². The maximum absolute atomic E-state index is 14.4. The number of esters is 1. The molecule has 46 heavy (non-hydrogen) atoms. The third-order valence-electron chi connectivity index (χ3n) is 8.19. The van der Waals surface area contributed by atoms with E-state index in [1.165, 1.54) is 23.5 Å². The highest BCUT2D eigenvalue weighted by molar-refractivity contribution is 7.07. The number of allylic oxidation sites excluding steroid dienone is 1. The summed E-state index contributed by atoms with van der Waals surface area (Å²) in [4.78, 5) is 33.4. The van der Waals surface area contributed by atoms with Gasteiger partial charge >= 0.3 is 5.97 Å². The topological polar surface area (TPSA) is 74.8 Å². The Kier molecular flexibility index (Phi) is 8.97. The second-order valence-corrected chi connectivity index (χ2v) is 12.5. The molecule has 3 aromatic carbocycles. The Morgan fingerprint density at radius 2 is 1.87 bits per heavy atom. The van der Waals surface area contributed by atoms with Gasteiger partial charge in [0.25, 0.3) is 5.56 Å². The molecule has 0 fully saturated rings. The van der Waals surface area contributed by atoms with Crippen molar-refractivity contribution in [1.82, 2.24) is 9.13 Å². The maximum atomic E-state index is 14.4. The number of carbonyl (C=O) groups is 1. The second-order valence-electron chi connectivity index (χ2n) is 11.0. The SMILES string of the molecule is CCCC1=C(C(=O)OCC)[C@@H](c2cc(Cl)ccc2OC)n2c(s/c(=C/c3c(C)n(Cc4ccc(F)cc4)c4ccccc34)c2=O)=N1. The molecule has 0 N–H and O–H groups in total. The van der Waals surface area contributed by atoms with E-state index in [1.807, 2.05) is 44.2 Å². The molecule has 10 heteroatoms. The van der Waals surface area contributed by atoms with Gasteiger partial charge in [-0.2, -0.15) is 0 Å². The summed E-state index contributed by atoms with van der Waals surface area (Å²) in [6.45, 7) is 6.49. The van der Waals surface area contributed by atoms with Gasteiger partial charge in [-0.15, -0.1) is 0 Å². The third-order valence-corrected chi connectivity index (χ3v) is 9.41. The van der Waals surface area contributed by atoms with Gasteiger partial charge in [-0.3, -0.25) is 9.36 Å². The highest BCUT2D eigenvalue weighted by Crippen LogP contribution is 2.38.